The highest BCUT2D eigenvalue weighted by Crippen LogP contribution is 2.32. The Hall–Kier alpha value is -1.78. The van der Waals surface area contributed by atoms with E-state index in [9.17, 15) is 0 Å². The molecule has 0 spiro atoms. The van der Waals surface area contributed by atoms with Crippen molar-refractivity contribution in [1.82, 2.24) is 0 Å². The molecule has 1 heterocycles. The molecule has 1 aliphatic heterocycles. The molecule has 0 atom stereocenters. The number of hydrogen-bond acceptors (Lipinski definition) is 5. The zero-order valence-corrected chi connectivity index (χ0v) is 8.01. The summed E-state index contributed by atoms with van der Waals surface area (Å²) in [7, 11) is 1.62. The maximum absolute atomic E-state index is 5.11. The predicted molar refractivity (Wildman–Crippen MR) is 50.1 cm³/mol. The highest BCUT2D eigenvalue weighted by atomic mass is 16.5. The predicted octanol–water partition coefficient (Wildman–Crippen LogP) is 2.70. The fourth-order valence-corrected chi connectivity index (χ4v) is 1.27. The van der Waals surface area contributed by atoms with Crippen LogP contribution < -0.4 is 4.74 Å². The molecule has 0 fully saturated rings. The third-order valence-electron chi connectivity index (χ3n) is 2.14. The summed E-state index contributed by atoms with van der Waals surface area (Å²) in [5.41, 5.74) is 0.232. The van der Waals surface area contributed by atoms with E-state index in [0.29, 0.717) is 0 Å². The molecule has 0 bridgehead atoms. The fraction of sp³-hybridized carbons (Fsp3) is 0.333. The van der Waals surface area contributed by atoms with Gasteiger partial charge >= 0.3 is 0 Å². The molecule has 0 aromatic heterocycles. The molecule has 2 rings (SSSR count). The van der Waals surface area contributed by atoms with Crippen LogP contribution in [-0.4, -0.2) is 7.11 Å². The van der Waals surface area contributed by atoms with Gasteiger partial charge in [0.05, 0.1) is 7.11 Å². The van der Waals surface area contributed by atoms with Gasteiger partial charge in [-0.3, -0.25) is 0 Å². The van der Waals surface area contributed by atoms with Crippen molar-refractivity contribution in [3.05, 3.63) is 29.8 Å². The Balaban J connectivity index is 2.41. The van der Waals surface area contributed by atoms with E-state index >= 15 is 0 Å². The Morgan fingerprint density at radius 3 is 2.57 bits per heavy atom. The van der Waals surface area contributed by atoms with Gasteiger partial charge in [-0.15, -0.1) is 10.2 Å². The second-order valence-corrected chi connectivity index (χ2v) is 3.13. The van der Waals surface area contributed by atoms with Crippen molar-refractivity contribution in [3.8, 4) is 5.75 Å². The van der Waals surface area contributed by atoms with Crippen LogP contribution in [0.1, 0.15) is 12.5 Å². The van der Waals surface area contributed by atoms with Crippen LogP contribution >= 0.6 is 0 Å². The minimum atomic E-state index is -0.686. The first-order valence-corrected chi connectivity index (χ1v) is 4.23. The van der Waals surface area contributed by atoms with Crippen LogP contribution in [0.15, 0.2) is 44.9 Å². The number of benzene rings is 1. The molecule has 0 amide bonds. The van der Waals surface area contributed by atoms with E-state index in [4.69, 9.17) is 4.74 Å². The molecule has 5 heteroatoms. The molecule has 0 radical (unpaired) electrons. The Bertz CT molecular complexity index is 388. The van der Waals surface area contributed by atoms with Gasteiger partial charge in [-0.1, -0.05) is 12.1 Å². The molecule has 14 heavy (non-hydrogen) atoms. The summed E-state index contributed by atoms with van der Waals surface area (Å²) in [6.45, 7) is 1.85. The molecule has 1 aliphatic rings. The second kappa shape index (κ2) is 3.17. The van der Waals surface area contributed by atoms with Crippen LogP contribution in [0, 0.1) is 0 Å². The third-order valence-corrected chi connectivity index (χ3v) is 2.14. The molecule has 0 saturated carbocycles. The molecule has 1 aromatic rings. The summed E-state index contributed by atoms with van der Waals surface area (Å²) in [5, 5.41) is 14.9. The lowest BCUT2D eigenvalue weighted by Crippen LogP contribution is -2.12. The zero-order valence-electron chi connectivity index (χ0n) is 8.01. The largest absolute Gasteiger partial charge is 0.497 e. The van der Waals surface area contributed by atoms with Crippen molar-refractivity contribution in [2.45, 2.75) is 12.6 Å². The molecule has 0 unspecified atom stereocenters. The van der Waals surface area contributed by atoms with Gasteiger partial charge in [0.1, 0.15) is 5.75 Å². The number of rotatable bonds is 2. The maximum atomic E-state index is 5.11. The lowest BCUT2D eigenvalue weighted by Gasteiger charge is -2.14. The van der Waals surface area contributed by atoms with E-state index in [0.717, 1.165) is 11.3 Å². The van der Waals surface area contributed by atoms with Crippen LogP contribution in [0.5, 0.6) is 5.75 Å². The molecule has 72 valence electrons. The third kappa shape index (κ3) is 1.37. The molecule has 0 N–H and O–H groups in total. The summed E-state index contributed by atoms with van der Waals surface area (Å²) < 4.78 is 5.11. The summed E-state index contributed by atoms with van der Waals surface area (Å²) in [4.78, 5) is 0. The van der Waals surface area contributed by atoms with E-state index in [2.05, 4.69) is 20.7 Å². The van der Waals surface area contributed by atoms with E-state index in [-0.39, 0.29) is 0 Å². The van der Waals surface area contributed by atoms with Crippen LogP contribution in [-0.2, 0) is 5.66 Å². The monoisotopic (exact) mass is 190 g/mol. The smallest absolute Gasteiger partial charge is 0.217 e. The number of hydrogen-bond donors (Lipinski definition) is 0. The van der Waals surface area contributed by atoms with E-state index in [1.807, 2.05) is 31.2 Å². The van der Waals surface area contributed by atoms with Crippen molar-refractivity contribution >= 4 is 0 Å². The Kier molecular flexibility index (Phi) is 1.99. The first-order chi connectivity index (χ1) is 6.74. The van der Waals surface area contributed by atoms with Gasteiger partial charge in [0.25, 0.3) is 0 Å². The number of ether oxygens (including phenoxy) is 1. The summed E-state index contributed by atoms with van der Waals surface area (Å²) in [6, 6.07) is 7.56. The topological polar surface area (TPSA) is 58.7 Å². The number of methoxy groups -OCH3 is 1. The molecular formula is C9H10N4O. The van der Waals surface area contributed by atoms with Gasteiger partial charge in [-0.25, -0.2) is 0 Å². The fourth-order valence-electron chi connectivity index (χ4n) is 1.27. The van der Waals surface area contributed by atoms with E-state index < -0.39 is 5.66 Å². The highest BCUT2D eigenvalue weighted by Gasteiger charge is 2.29. The summed E-state index contributed by atoms with van der Waals surface area (Å²) >= 11 is 0. The average molecular weight is 190 g/mol. The zero-order chi connectivity index (χ0) is 10.0. The Morgan fingerprint density at radius 2 is 1.93 bits per heavy atom. The quantitative estimate of drug-likeness (QED) is 0.707. The Labute approximate surface area is 81.5 Å². The van der Waals surface area contributed by atoms with Crippen LogP contribution in [0.25, 0.3) is 0 Å². The van der Waals surface area contributed by atoms with Gasteiger partial charge in [-0.05, 0) is 29.5 Å². The molecular weight excluding hydrogens is 180 g/mol. The standard InChI is InChI=1S/C9H10N4O/c1-9(10-12-13-11-9)7-4-3-5-8(6-7)14-2/h3-6H,1-2H3. The van der Waals surface area contributed by atoms with Crippen molar-refractivity contribution in [2.24, 2.45) is 20.7 Å². The molecule has 1 aromatic carbocycles. The molecule has 0 aliphatic carbocycles. The van der Waals surface area contributed by atoms with Gasteiger partial charge in [0.15, 0.2) is 0 Å². The van der Waals surface area contributed by atoms with Crippen molar-refractivity contribution in [2.75, 3.05) is 7.11 Å². The van der Waals surface area contributed by atoms with Crippen LogP contribution in [0.3, 0.4) is 0 Å². The normalized spacial score (nSPS) is 17.3. The minimum absolute atomic E-state index is 0.686. The van der Waals surface area contributed by atoms with Crippen molar-refractivity contribution < 1.29 is 4.74 Å². The first kappa shape index (κ1) is 8.80. The van der Waals surface area contributed by atoms with Crippen molar-refractivity contribution in [1.29, 1.82) is 0 Å². The second-order valence-electron chi connectivity index (χ2n) is 3.13. The van der Waals surface area contributed by atoms with Gasteiger partial charge in [0, 0.05) is 5.56 Å². The van der Waals surface area contributed by atoms with E-state index in [1.54, 1.807) is 7.11 Å². The van der Waals surface area contributed by atoms with Crippen LogP contribution in [0.4, 0.5) is 0 Å². The molecule has 0 saturated heterocycles. The minimum Gasteiger partial charge on any atom is -0.497 e. The van der Waals surface area contributed by atoms with Gasteiger partial charge in [0.2, 0.25) is 5.66 Å². The summed E-state index contributed by atoms with van der Waals surface area (Å²) in [6.07, 6.45) is 0. The molecule has 5 nitrogen and oxygen atoms in total. The highest BCUT2D eigenvalue weighted by molar-refractivity contribution is 5.32. The number of nitrogens with zero attached hydrogens (tertiary/aromatic N) is 4. The average Bonchev–Trinajstić information content (AvgIpc) is 2.67. The van der Waals surface area contributed by atoms with Crippen molar-refractivity contribution in [3.63, 3.8) is 0 Å². The first-order valence-electron chi connectivity index (χ1n) is 4.23. The van der Waals surface area contributed by atoms with Gasteiger partial charge < -0.3 is 4.74 Å². The summed E-state index contributed by atoms with van der Waals surface area (Å²) in [5.74, 6) is 0.779. The maximum Gasteiger partial charge on any atom is 0.217 e. The van der Waals surface area contributed by atoms with Gasteiger partial charge in [-0.2, -0.15) is 0 Å². The Morgan fingerprint density at radius 1 is 1.21 bits per heavy atom. The van der Waals surface area contributed by atoms with Crippen LogP contribution in [0.2, 0.25) is 0 Å². The lowest BCUT2D eigenvalue weighted by atomic mass is 10.0. The lowest BCUT2D eigenvalue weighted by molar-refractivity contribution is 0.411. The SMILES string of the molecule is COc1cccc(C2(C)N=NN=N2)c1. The van der Waals surface area contributed by atoms with E-state index in [1.165, 1.54) is 0 Å².